The van der Waals surface area contributed by atoms with Crippen molar-refractivity contribution in [2.45, 2.75) is 25.7 Å². The Morgan fingerprint density at radius 3 is 2.90 bits per heavy atom. The lowest BCUT2D eigenvalue weighted by atomic mass is 9.85. The van der Waals surface area contributed by atoms with Crippen molar-refractivity contribution >= 4 is 38.3 Å². The highest BCUT2D eigenvalue weighted by atomic mass is 79.9. The van der Waals surface area contributed by atoms with E-state index in [0.29, 0.717) is 5.13 Å². The maximum absolute atomic E-state index is 11.9. The molecule has 1 aromatic heterocycles. The Bertz CT molecular complexity index is 622. The molecule has 1 amide bonds. The van der Waals surface area contributed by atoms with Gasteiger partial charge in [-0.25, -0.2) is 4.98 Å². The molecule has 0 unspecified atom stereocenters. The van der Waals surface area contributed by atoms with Crippen molar-refractivity contribution in [2.75, 3.05) is 5.32 Å². The van der Waals surface area contributed by atoms with Gasteiger partial charge in [-0.2, -0.15) is 0 Å². The molecular formula is C15H15BrN2OS. The molecule has 0 saturated heterocycles. The summed E-state index contributed by atoms with van der Waals surface area (Å²) < 4.78 is 1.11. The average Bonchev–Trinajstić information content (AvgIpc) is 2.77. The summed E-state index contributed by atoms with van der Waals surface area (Å²) in [7, 11) is 0. The number of nitrogens with zero attached hydrogens (tertiary/aromatic N) is 1. The maximum Gasteiger partial charge on any atom is 0.229 e. The number of carbonyl (C=O) groups excluding carboxylic acids is 1. The van der Waals surface area contributed by atoms with E-state index in [1.807, 2.05) is 24.4 Å². The predicted octanol–water partition coefficient (Wildman–Crippen LogP) is 4.24. The summed E-state index contributed by atoms with van der Waals surface area (Å²) in [5.74, 6) is 0.323. The van der Waals surface area contributed by atoms with Crippen molar-refractivity contribution in [3.8, 4) is 0 Å². The van der Waals surface area contributed by atoms with Crippen LogP contribution in [0.25, 0.3) is 0 Å². The van der Waals surface area contributed by atoms with Crippen molar-refractivity contribution < 1.29 is 4.79 Å². The van der Waals surface area contributed by atoms with Crippen molar-refractivity contribution in [3.63, 3.8) is 0 Å². The molecule has 1 heterocycles. The van der Waals surface area contributed by atoms with Crippen molar-refractivity contribution in [1.29, 1.82) is 0 Å². The fourth-order valence-corrected chi connectivity index (χ4v) is 3.42. The van der Waals surface area contributed by atoms with E-state index in [4.69, 9.17) is 0 Å². The molecule has 3 rings (SSSR count). The number of amides is 1. The van der Waals surface area contributed by atoms with Gasteiger partial charge in [-0.1, -0.05) is 40.5 Å². The third kappa shape index (κ3) is 3.10. The molecule has 0 spiro atoms. The Labute approximate surface area is 130 Å². The number of carbonyl (C=O) groups is 1. The molecule has 2 aromatic rings. The van der Waals surface area contributed by atoms with Crippen molar-refractivity contribution in [1.82, 2.24) is 4.98 Å². The highest BCUT2D eigenvalue weighted by molar-refractivity contribution is 9.10. The molecule has 0 atom stereocenters. The molecule has 5 heteroatoms. The minimum absolute atomic E-state index is 0.123. The second-order valence-corrected chi connectivity index (χ2v) is 6.99. The number of benzene rings is 1. The Morgan fingerprint density at radius 2 is 2.20 bits per heavy atom. The summed E-state index contributed by atoms with van der Waals surface area (Å²) in [5, 5.41) is 3.63. The fourth-order valence-electron chi connectivity index (χ4n) is 2.15. The number of anilines is 1. The van der Waals surface area contributed by atoms with Gasteiger partial charge < -0.3 is 5.32 Å². The third-order valence-electron chi connectivity index (χ3n) is 3.58. The number of hydrogen-bond acceptors (Lipinski definition) is 3. The zero-order chi connectivity index (χ0) is 13.9. The normalized spacial score (nSPS) is 14.8. The number of hydrogen-bond donors (Lipinski definition) is 1. The quantitative estimate of drug-likeness (QED) is 0.896. The van der Waals surface area contributed by atoms with E-state index in [2.05, 4.69) is 32.3 Å². The Kier molecular flexibility index (Phi) is 4.17. The van der Waals surface area contributed by atoms with Crippen LogP contribution in [0, 0.1) is 5.92 Å². The molecule has 1 N–H and O–H groups in total. The summed E-state index contributed by atoms with van der Waals surface area (Å²) in [6.07, 6.45) is 5.88. The Morgan fingerprint density at radius 1 is 1.40 bits per heavy atom. The second kappa shape index (κ2) is 6.06. The summed E-state index contributed by atoms with van der Waals surface area (Å²) in [5.41, 5.74) is 1.23. The molecule has 0 aliphatic heterocycles. The predicted molar refractivity (Wildman–Crippen MR) is 85.0 cm³/mol. The number of halogens is 1. The molecule has 0 radical (unpaired) electrons. The lowest BCUT2D eigenvalue weighted by Crippen LogP contribution is -2.27. The molecule has 3 nitrogen and oxygen atoms in total. The van der Waals surface area contributed by atoms with Gasteiger partial charge >= 0.3 is 0 Å². The van der Waals surface area contributed by atoms with E-state index < -0.39 is 0 Å². The zero-order valence-electron chi connectivity index (χ0n) is 10.9. The highest BCUT2D eigenvalue weighted by Crippen LogP contribution is 2.29. The molecule has 1 aliphatic rings. The molecule has 104 valence electrons. The lowest BCUT2D eigenvalue weighted by molar-refractivity contribution is -0.122. The van der Waals surface area contributed by atoms with Gasteiger partial charge in [0.2, 0.25) is 5.91 Å². The first-order valence-electron chi connectivity index (χ1n) is 6.71. The second-order valence-electron chi connectivity index (χ2n) is 5.02. The van der Waals surface area contributed by atoms with Gasteiger partial charge in [0.25, 0.3) is 0 Å². The van der Waals surface area contributed by atoms with Gasteiger partial charge in [0.1, 0.15) is 0 Å². The summed E-state index contributed by atoms with van der Waals surface area (Å²) in [6.45, 7) is 0. The largest absolute Gasteiger partial charge is 0.302 e. The number of aromatic nitrogens is 1. The van der Waals surface area contributed by atoms with E-state index >= 15 is 0 Å². The SMILES string of the molecule is O=C(Nc1ncc(Cc2ccccc2Br)s1)C1CCC1. The maximum atomic E-state index is 11.9. The van der Waals surface area contributed by atoms with Crippen LogP contribution in [0.5, 0.6) is 0 Å². The van der Waals surface area contributed by atoms with Gasteiger partial charge in [0, 0.05) is 27.9 Å². The van der Waals surface area contributed by atoms with Gasteiger partial charge in [-0.3, -0.25) is 4.79 Å². The standard InChI is InChI=1S/C15H15BrN2OS/c16-13-7-2-1-4-11(13)8-12-9-17-15(20-12)18-14(19)10-5-3-6-10/h1-2,4,7,9-10H,3,5-6,8H2,(H,17,18,19). The van der Waals surface area contributed by atoms with Crippen LogP contribution >= 0.6 is 27.3 Å². The van der Waals surface area contributed by atoms with Gasteiger partial charge in [0.15, 0.2) is 5.13 Å². The highest BCUT2D eigenvalue weighted by Gasteiger charge is 2.25. The van der Waals surface area contributed by atoms with Crippen LogP contribution in [0.4, 0.5) is 5.13 Å². The van der Waals surface area contributed by atoms with Crippen molar-refractivity contribution in [3.05, 3.63) is 45.4 Å². The molecule has 1 aliphatic carbocycles. The zero-order valence-corrected chi connectivity index (χ0v) is 13.3. The summed E-state index contributed by atoms with van der Waals surface area (Å²) in [4.78, 5) is 17.3. The van der Waals surface area contributed by atoms with Crippen LogP contribution in [0.3, 0.4) is 0 Å². The van der Waals surface area contributed by atoms with E-state index in [1.54, 1.807) is 11.3 Å². The first-order valence-corrected chi connectivity index (χ1v) is 8.32. The van der Waals surface area contributed by atoms with Crippen LogP contribution in [-0.2, 0) is 11.2 Å². The first-order chi connectivity index (χ1) is 9.72. The van der Waals surface area contributed by atoms with Crippen molar-refractivity contribution in [2.24, 2.45) is 5.92 Å². The number of nitrogens with one attached hydrogen (secondary N) is 1. The van der Waals surface area contributed by atoms with E-state index in [-0.39, 0.29) is 11.8 Å². The van der Waals surface area contributed by atoms with Crippen LogP contribution in [0.15, 0.2) is 34.9 Å². The minimum Gasteiger partial charge on any atom is -0.302 e. The minimum atomic E-state index is 0.123. The monoisotopic (exact) mass is 350 g/mol. The first kappa shape index (κ1) is 13.8. The van der Waals surface area contributed by atoms with Gasteiger partial charge in [0.05, 0.1) is 0 Å². The van der Waals surface area contributed by atoms with Crippen LogP contribution in [0.2, 0.25) is 0 Å². The van der Waals surface area contributed by atoms with E-state index in [1.165, 1.54) is 12.0 Å². The van der Waals surface area contributed by atoms with E-state index in [0.717, 1.165) is 28.6 Å². The molecule has 1 fully saturated rings. The lowest BCUT2D eigenvalue weighted by Gasteiger charge is -2.23. The topological polar surface area (TPSA) is 42.0 Å². The Hall–Kier alpha value is -1.20. The molecule has 0 bridgehead atoms. The smallest absolute Gasteiger partial charge is 0.229 e. The Balaban J connectivity index is 1.64. The van der Waals surface area contributed by atoms with Crippen LogP contribution < -0.4 is 5.32 Å². The molecule has 1 aromatic carbocycles. The van der Waals surface area contributed by atoms with Gasteiger partial charge in [-0.15, -0.1) is 11.3 Å². The summed E-state index contributed by atoms with van der Waals surface area (Å²) in [6, 6.07) is 8.16. The number of thiazole rings is 1. The van der Waals surface area contributed by atoms with Crippen LogP contribution in [0.1, 0.15) is 29.7 Å². The summed E-state index contributed by atoms with van der Waals surface area (Å²) >= 11 is 5.10. The third-order valence-corrected chi connectivity index (χ3v) is 5.27. The van der Waals surface area contributed by atoms with Gasteiger partial charge in [-0.05, 0) is 24.5 Å². The molecule has 1 saturated carbocycles. The number of rotatable bonds is 4. The van der Waals surface area contributed by atoms with E-state index in [9.17, 15) is 4.79 Å². The molecular weight excluding hydrogens is 336 g/mol. The molecule has 20 heavy (non-hydrogen) atoms. The fraction of sp³-hybridized carbons (Fsp3) is 0.333. The van der Waals surface area contributed by atoms with Crippen LogP contribution in [-0.4, -0.2) is 10.9 Å². The average molecular weight is 351 g/mol.